The minimum atomic E-state index is -0.139. The van der Waals surface area contributed by atoms with Crippen molar-refractivity contribution in [1.82, 2.24) is 9.97 Å². The number of aromatic amines is 1. The number of hydrogen-bond donors (Lipinski definition) is 1. The molecule has 0 atom stereocenters. The van der Waals surface area contributed by atoms with E-state index in [1.807, 2.05) is 37.3 Å². The van der Waals surface area contributed by atoms with Gasteiger partial charge in [0.15, 0.2) is 0 Å². The Morgan fingerprint density at radius 2 is 1.90 bits per heavy atom. The monoisotopic (exact) mass is 328 g/mol. The molecule has 0 bridgehead atoms. The summed E-state index contributed by atoms with van der Waals surface area (Å²) in [5.74, 6) is 0.617. The summed E-state index contributed by atoms with van der Waals surface area (Å²) in [7, 11) is 0. The molecule has 4 heteroatoms. The molecular formula is C16H13BrN2O. The van der Waals surface area contributed by atoms with Gasteiger partial charge in [0.25, 0.3) is 5.56 Å². The van der Waals surface area contributed by atoms with Crippen molar-refractivity contribution in [3.05, 3.63) is 63.0 Å². The maximum Gasteiger partial charge on any atom is 0.265 e. The lowest BCUT2D eigenvalue weighted by Gasteiger charge is -2.08. The van der Waals surface area contributed by atoms with Gasteiger partial charge >= 0.3 is 0 Å². The van der Waals surface area contributed by atoms with E-state index in [1.54, 1.807) is 0 Å². The lowest BCUT2D eigenvalue weighted by atomic mass is 10.0. The lowest BCUT2D eigenvalue weighted by Crippen LogP contribution is -2.13. The summed E-state index contributed by atoms with van der Waals surface area (Å²) in [5, 5.41) is 2.22. The van der Waals surface area contributed by atoms with E-state index in [2.05, 4.69) is 38.0 Å². The van der Waals surface area contributed by atoms with Crippen LogP contribution in [0.4, 0.5) is 0 Å². The first-order chi connectivity index (χ1) is 9.70. The largest absolute Gasteiger partial charge is 0.306 e. The summed E-state index contributed by atoms with van der Waals surface area (Å²) >= 11 is 3.29. The van der Waals surface area contributed by atoms with Crippen LogP contribution in [0.5, 0.6) is 0 Å². The predicted molar refractivity (Wildman–Crippen MR) is 84.9 cm³/mol. The van der Waals surface area contributed by atoms with Crippen molar-refractivity contribution in [2.45, 2.75) is 13.3 Å². The van der Waals surface area contributed by atoms with Gasteiger partial charge in [-0.15, -0.1) is 0 Å². The molecule has 1 aromatic heterocycles. The number of nitrogens with one attached hydrogen (secondary N) is 1. The Labute approximate surface area is 124 Å². The number of halogens is 1. The second-order valence-electron chi connectivity index (χ2n) is 4.56. The SMILES string of the molecule is CCc1nc(-c2cccc3ccccc23)[nH]c(=O)c1Br. The van der Waals surface area contributed by atoms with Gasteiger partial charge in [0, 0.05) is 5.56 Å². The quantitative estimate of drug-likeness (QED) is 0.775. The topological polar surface area (TPSA) is 45.8 Å². The molecule has 0 aliphatic carbocycles. The van der Waals surface area contributed by atoms with Crippen molar-refractivity contribution in [1.29, 1.82) is 0 Å². The zero-order chi connectivity index (χ0) is 14.1. The number of aromatic nitrogens is 2. The van der Waals surface area contributed by atoms with E-state index in [0.717, 1.165) is 22.0 Å². The van der Waals surface area contributed by atoms with Crippen molar-refractivity contribution in [3.8, 4) is 11.4 Å². The van der Waals surface area contributed by atoms with Crippen LogP contribution in [-0.4, -0.2) is 9.97 Å². The number of aryl methyl sites for hydroxylation is 1. The fourth-order valence-electron chi connectivity index (χ4n) is 2.30. The molecule has 1 heterocycles. The highest BCUT2D eigenvalue weighted by Crippen LogP contribution is 2.26. The average Bonchev–Trinajstić information content (AvgIpc) is 2.49. The van der Waals surface area contributed by atoms with E-state index in [1.165, 1.54) is 0 Å². The smallest absolute Gasteiger partial charge is 0.265 e. The Hall–Kier alpha value is -1.94. The molecule has 0 unspecified atom stereocenters. The normalized spacial score (nSPS) is 10.9. The highest BCUT2D eigenvalue weighted by Gasteiger charge is 2.10. The summed E-state index contributed by atoms with van der Waals surface area (Å²) < 4.78 is 0.518. The molecule has 0 spiro atoms. The third-order valence-corrected chi connectivity index (χ3v) is 4.13. The highest BCUT2D eigenvalue weighted by molar-refractivity contribution is 9.10. The maximum atomic E-state index is 12.0. The molecule has 20 heavy (non-hydrogen) atoms. The Bertz CT molecular complexity index is 834. The van der Waals surface area contributed by atoms with Gasteiger partial charge in [0.1, 0.15) is 10.3 Å². The molecule has 3 rings (SSSR count). The molecule has 0 amide bonds. The van der Waals surface area contributed by atoms with Crippen LogP contribution in [0.3, 0.4) is 0 Å². The zero-order valence-electron chi connectivity index (χ0n) is 11.0. The van der Waals surface area contributed by atoms with E-state index in [0.29, 0.717) is 16.7 Å². The van der Waals surface area contributed by atoms with Gasteiger partial charge in [0.2, 0.25) is 0 Å². The van der Waals surface area contributed by atoms with E-state index < -0.39 is 0 Å². The van der Waals surface area contributed by atoms with Crippen LogP contribution in [0.2, 0.25) is 0 Å². The van der Waals surface area contributed by atoms with E-state index in [9.17, 15) is 4.79 Å². The minimum Gasteiger partial charge on any atom is -0.306 e. The minimum absolute atomic E-state index is 0.139. The van der Waals surface area contributed by atoms with E-state index >= 15 is 0 Å². The molecule has 0 saturated heterocycles. The Morgan fingerprint density at radius 3 is 2.70 bits per heavy atom. The standard InChI is InChI=1S/C16H13BrN2O/c1-2-13-14(17)16(20)19-15(18-13)12-9-5-7-10-6-3-4-8-11(10)12/h3-9H,2H2,1H3,(H,18,19,20). The number of H-pyrrole nitrogens is 1. The fraction of sp³-hybridized carbons (Fsp3) is 0.125. The van der Waals surface area contributed by atoms with E-state index in [4.69, 9.17) is 0 Å². The molecular weight excluding hydrogens is 316 g/mol. The maximum absolute atomic E-state index is 12.0. The van der Waals surface area contributed by atoms with Crippen LogP contribution in [0, 0.1) is 0 Å². The molecule has 3 nitrogen and oxygen atoms in total. The van der Waals surface area contributed by atoms with Crippen molar-refractivity contribution in [2.24, 2.45) is 0 Å². The zero-order valence-corrected chi connectivity index (χ0v) is 12.6. The summed E-state index contributed by atoms with van der Waals surface area (Å²) in [6, 6.07) is 14.1. The number of nitrogens with zero attached hydrogens (tertiary/aromatic N) is 1. The lowest BCUT2D eigenvalue weighted by molar-refractivity contribution is 0.971. The molecule has 3 aromatic rings. The Balaban J connectivity index is 2.31. The third kappa shape index (κ3) is 2.16. The first-order valence-corrected chi connectivity index (χ1v) is 7.27. The van der Waals surface area contributed by atoms with Crippen molar-refractivity contribution in [2.75, 3.05) is 0 Å². The van der Waals surface area contributed by atoms with Crippen molar-refractivity contribution < 1.29 is 0 Å². The van der Waals surface area contributed by atoms with Gasteiger partial charge in [-0.3, -0.25) is 4.79 Å². The Morgan fingerprint density at radius 1 is 1.15 bits per heavy atom. The molecule has 0 fully saturated rings. The summed E-state index contributed by atoms with van der Waals surface area (Å²) in [6.45, 7) is 1.99. The molecule has 2 aromatic carbocycles. The number of hydrogen-bond acceptors (Lipinski definition) is 2. The summed E-state index contributed by atoms with van der Waals surface area (Å²) in [6.07, 6.45) is 0.711. The summed E-state index contributed by atoms with van der Waals surface area (Å²) in [5.41, 5.74) is 1.58. The van der Waals surface area contributed by atoms with Crippen molar-refractivity contribution >= 4 is 26.7 Å². The van der Waals surface area contributed by atoms with Crippen LogP contribution >= 0.6 is 15.9 Å². The first-order valence-electron chi connectivity index (χ1n) is 6.47. The van der Waals surface area contributed by atoms with Crippen LogP contribution < -0.4 is 5.56 Å². The van der Waals surface area contributed by atoms with Gasteiger partial charge in [-0.1, -0.05) is 49.4 Å². The second kappa shape index (κ2) is 5.21. The second-order valence-corrected chi connectivity index (χ2v) is 5.35. The van der Waals surface area contributed by atoms with Crippen LogP contribution in [-0.2, 0) is 6.42 Å². The van der Waals surface area contributed by atoms with Gasteiger partial charge in [-0.05, 0) is 33.1 Å². The first kappa shape index (κ1) is 13.1. The van der Waals surface area contributed by atoms with Crippen LogP contribution in [0.1, 0.15) is 12.6 Å². The number of fused-ring (bicyclic) bond motifs is 1. The van der Waals surface area contributed by atoms with E-state index in [-0.39, 0.29) is 5.56 Å². The molecule has 0 radical (unpaired) electrons. The molecule has 1 N–H and O–H groups in total. The highest BCUT2D eigenvalue weighted by atomic mass is 79.9. The number of rotatable bonds is 2. The molecule has 0 aliphatic heterocycles. The number of benzene rings is 2. The Kier molecular flexibility index (Phi) is 3.40. The molecule has 0 saturated carbocycles. The average molecular weight is 329 g/mol. The fourth-order valence-corrected chi connectivity index (χ4v) is 2.77. The van der Waals surface area contributed by atoms with Crippen LogP contribution in [0.25, 0.3) is 22.2 Å². The van der Waals surface area contributed by atoms with Gasteiger partial charge in [-0.25, -0.2) is 4.98 Å². The summed E-state index contributed by atoms with van der Waals surface area (Å²) in [4.78, 5) is 19.4. The van der Waals surface area contributed by atoms with Crippen LogP contribution in [0.15, 0.2) is 51.7 Å². The molecule has 100 valence electrons. The van der Waals surface area contributed by atoms with Gasteiger partial charge in [-0.2, -0.15) is 0 Å². The van der Waals surface area contributed by atoms with Gasteiger partial charge in [0.05, 0.1) is 5.69 Å². The van der Waals surface area contributed by atoms with Gasteiger partial charge < -0.3 is 4.98 Å². The van der Waals surface area contributed by atoms with Crippen molar-refractivity contribution in [3.63, 3.8) is 0 Å². The molecule has 0 aliphatic rings. The predicted octanol–water partition coefficient (Wildman–Crippen LogP) is 3.92. The third-order valence-electron chi connectivity index (χ3n) is 3.31.